The second-order valence-corrected chi connectivity index (χ2v) is 7.35. The lowest BCUT2D eigenvalue weighted by Gasteiger charge is -2.22. The third-order valence-corrected chi connectivity index (χ3v) is 5.27. The van der Waals surface area contributed by atoms with Gasteiger partial charge in [-0.05, 0) is 36.8 Å². The molecule has 9 nitrogen and oxygen atoms in total. The molecule has 0 bridgehead atoms. The number of hydrogen-bond acceptors (Lipinski definition) is 6. The van der Waals surface area contributed by atoms with Gasteiger partial charge in [0.25, 0.3) is 0 Å². The second kappa shape index (κ2) is 8.47. The molecule has 3 amide bonds. The van der Waals surface area contributed by atoms with E-state index in [1.807, 2.05) is 24.3 Å². The summed E-state index contributed by atoms with van der Waals surface area (Å²) in [5.41, 5.74) is 1.18. The van der Waals surface area contributed by atoms with E-state index in [9.17, 15) is 19.2 Å². The van der Waals surface area contributed by atoms with Crippen molar-refractivity contribution in [2.24, 2.45) is 0 Å². The molecule has 2 N–H and O–H groups in total. The van der Waals surface area contributed by atoms with Gasteiger partial charge in [0.1, 0.15) is 0 Å². The van der Waals surface area contributed by atoms with E-state index in [0.29, 0.717) is 0 Å². The van der Waals surface area contributed by atoms with Gasteiger partial charge in [0.05, 0.1) is 19.6 Å². The number of amides is 3. The van der Waals surface area contributed by atoms with Gasteiger partial charge < -0.3 is 14.4 Å². The van der Waals surface area contributed by atoms with Gasteiger partial charge in [-0.1, -0.05) is 18.2 Å². The minimum Gasteiger partial charge on any atom is -0.453 e. The number of para-hydroxylation sites is 1. The summed E-state index contributed by atoms with van der Waals surface area (Å²) in [5, 5.41) is 4.94. The lowest BCUT2D eigenvalue weighted by Crippen LogP contribution is -2.37. The molecule has 0 saturated carbocycles. The number of carbonyl (C=O) groups excluding carboxylic acids is 4. The molecule has 31 heavy (non-hydrogen) atoms. The quantitative estimate of drug-likeness (QED) is 0.708. The fourth-order valence-corrected chi connectivity index (χ4v) is 3.69. The monoisotopic (exact) mass is 425 g/mol. The first-order valence-corrected chi connectivity index (χ1v) is 9.45. The molecule has 0 aromatic heterocycles. The molecular formula is C22H23N3O6. The lowest BCUT2D eigenvalue weighted by molar-refractivity contribution is -0.122. The van der Waals surface area contributed by atoms with Gasteiger partial charge in [0.15, 0.2) is 5.78 Å². The summed E-state index contributed by atoms with van der Waals surface area (Å²) >= 11 is 0. The highest BCUT2D eigenvalue weighted by Crippen LogP contribution is 2.43. The summed E-state index contributed by atoms with van der Waals surface area (Å²) in [5.74, 6) is -0.513. The molecule has 1 atom stereocenters. The predicted molar refractivity (Wildman–Crippen MR) is 115 cm³/mol. The molecule has 9 heteroatoms. The zero-order chi connectivity index (χ0) is 22.8. The van der Waals surface area contributed by atoms with Crippen LogP contribution in [-0.2, 0) is 19.7 Å². The smallest absolute Gasteiger partial charge is 0.411 e. The minimum absolute atomic E-state index is 0.0907. The van der Waals surface area contributed by atoms with E-state index in [1.54, 1.807) is 18.9 Å². The third-order valence-electron chi connectivity index (χ3n) is 5.27. The first kappa shape index (κ1) is 21.8. The van der Waals surface area contributed by atoms with Crippen molar-refractivity contribution in [3.63, 3.8) is 0 Å². The van der Waals surface area contributed by atoms with Crippen molar-refractivity contribution in [2.75, 3.05) is 36.8 Å². The van der Waals surface area contributed by atoms with Crippen LogP contribution in [0, 0.1) is 0 Å². The first-order chi connectivity index (χ1) is 14.7. The van der Waals surface area contributed by atoms with Crippen molar-refractivity contribution in [1.82, 2.24) is 0 Å². The number of benzene rings is 2. The van der Waals surface area contributed by atoms with Crippen LogP contribution in [0.5, 0.6) is 0 Å². The zero-order valence-electron chi connectivity index (χ0n) is 17.6. The van der Waals surface area contributed by atoms with Crippen molar-refractivity contribution in [1.29, 1.82) is 0 Å². The zero-order valence-corrected chi connectivity index (χ0v) is 17.6. The number of likely N-dealkylation sites (N-methyl/N-ethyl adjacent to an activating group) is 1. The highest BCUT2D eigenvalue weighted by atomic mass is 16.5. The number of anilines is 3. The summed E-state index contributed by atoms with van der Waals surface area (Å²) in [4.78, 5) is 51.0. The molecular weight excluding hydrogens is 402 g/mol. The summed E-state index contributed by atoms with van der Waals surface area (Å²) in [7, 11) is 4.09. The van der Waals surface area contributed by atoms with Gasteiger partial charge in [0.2, 0.25) is 5.91 Å². The van der Waals surface area contributed by atoms with Crippen molar-refractivity contribution < 1.29 is 28.7 Å². The molecule has 1 unspecified atom stereocenters. The van der Waals surface area contributed by atoms with Crippen LogP contribution >= 0.6 is 0 Å². The fourth-order valence-electron chi connectivity index (χ4n) is 3.69. The van der Waals surface area contributed by atoms with Crippen LogP contribution < -0.4 is 15.5 Å². The predicted octanol–water partition coefficient (Wildman–Crippen LogP) is 3.55. The number of fused-ring (bicyclic) bond motifs is 1. The number of nitrogens with zero attached hydrogens (tertiary/aromatic N) is 1. The highest BCUT2D eigenvalue weighted by Gasteiger charge is 2.47. The maximum atomic E-state index is 13.2. The van der Waals surface area contributed by atoms with E-state index in [4.69, 9.17) is 0 Å². The molecule has 2 aromatic carbocycles. The topological polar surface area (TPSA) is 114 Å². The Morgan fingerprint density at radius 1 is 0.968 bits per heavy atom. The number of nitrogens with one attached hydrogen (secondary N) is 2. The van der Waals surface area contributed by atoms with Gasteiger partial charge >= 0.3 is 12.2 Å². The number of Topliss-reactive ketones (excluding diaryl/α,β-unsaturated/α-hetero) is 1. The summed E-state index contributed by atoms with van der Waals surface area (Å²) < 4.78 is 9.18. The molecule has 162 valence electrons. The third kappa shape index (κ3) is 4.20. The molecule has 2 aromatic rings. The van der Waals surface area contributed by atoms with Crippen LogP contribution in [0.2, 0.25) is 0 Å². The Morgan fingerprint density at radius 2 is 1.52 bits per heavy atom. The van der Waals surface area contributed by atoms with Crippen LogP contribution in [-0.4, -0.2) is 45.1 Å². The standard InChI is InChI=1S/C22H23N3O6/c1-22(16-7-5-6-8-17(16)25(2)19(22)27)12-18(26)13-9-14(23-20(28)30-3)11-15(10-13)24-21(29)31-4/h5-11H,12H2,1-4H3,(H,23,28)(H,24,29). The lowest BCUT2D eigenvalue weighted by atomic mass is 9.78. The largest absolute Gasteiger partial charge is 0.453 e. The van der Waals surface area contributed by atoms with Gasteiger partial charge in [-0.3, -0.25) is 20.2 Å². The summed E-state index contributed by atoms with van der Waals surface area (Å²) in [6.07, 6.45) is -1.56. The molecule has 0 aliphatic carbocycles. The second-order valence-electron chi connectivity index (χ2n) is 7.35. The van der Waals surface area contributed by atoms with E-state index in [1.165, 1.54) is 32.4 Å². The Labute approximate surface area is 179 Å². The van der Waals surface area contributed by atoms with Gasteiger partial charge in [-0.2, -0.15) is 0 Å². The maximum Gasteiger partial charge on any atom is 0.411 e. The van der Waals surface area contributed by atoms with Gasteiger partial charge in [0, 0.05) is 36.1 Å². The summed E-state index contributed by atoms with van der Waals surface area (Å²) in [6, 6.07) is 11.7. The van der Waals surface area contributed by atoms with E-state index in [0.717, 1.165) is 11.3 Å². The average molecular weight is 425 g/mol. The van der Waals surface area contributed by atoms with Crippen LogP contribution in [0.1, 0.15) is 29.3 Å². The Bertz CT molecular complexity index is 1030. The number of methoxy groups -OCH3 is 2. The molecule has 0 radical (unpaired) electrons. The van der Waals surface area contributed by atoms with E-state index in [-0.39, 0.29) is 35.0 Å². The number of hydrogen-bond donors (Lipinski definition) is 2. The van der Waals surface area contributed by atoms with Gasteiger partial charge in [-0.25, -0.2) is 9.59 Å². The number of rotatable bonds is 5. The fraction of sp³-hybridized carbons (Fsp3) is 0.273. The Morgan fingerprint density at radius 3 is 2.06 bits per heavy atom. The molecule has 3 rings (SSSR count). The van der Waals surface area contributed by atoms with E-state index in [2.05, 4.69) is 20.1 Å². The first-order valence-electron chi connectivity index (χ1n) is 9.45. The summed E-state index contributed by atoms with van der Waals surface area (Å²) in [6.45, 7) is 1.74. The van der Waals surface area contributed by atoms with Crippen LogP contribution in [0.15, 0.2) is 42.5 Å². The SMILES string of the molecule is COC(=O)Nc1cc(NC(=O)OC)cc(C(=O)CC2(C)C(=O)N(C)c3ccccc32)c1. The maximum absolute atomic E-state index is 13.2. The Hall–Kier alpha value is -3.88. The molecule has 1 aliphatic heterocycles. The normalized spacial score (nSPS) is 17.0. The molecule has 0 saturated heterocycles. The van der Waals surface area contributed by atoms with Crippen molar-refractivity contribution in [3.8, 4) is 0 Å². The van der Waals surface area contributed by atoms with Crippen LogP contribution in [0.25, 0.3) is 0 Å². The number of ketones is 1. The average Bonchev–Trinajstić information content (AvgIpc) is 2.94. The highest BCUT2D eigenvalue weighted by molar-refractivity contribution is 6.11. The minimum atomic E-state index is -1.04. The number of ether oxygens (including phenoxy) is 2. The van der Waals surface area contributed by atoms with Crippen LogP contribution in [0.3, 0.4) is 0 Å². The van der Waals surface area contributed by atoms with Crippen LogP contribution in [0.4, 0.5) is 26.7 Å². The van der Waals surface area contributed by atoms with Crippen molar-refractivity contribution in [2.45, 2.75) is 18.8 Å². The molecule has 1 heterocycles. The molecule has 0 fully saturated rings. The van der Waals surface area contributed by atoms with E-state index < -0.39 is 17.6 Å². The molecule has 0 spiro atoms. The Kier molecular flexibility index (Phi) is 5.96. The van der Waals surface area contributed by atoms with Gasteiger partial charge in [-0.15, -0.1) is 0 Å². The Balaban J connectivity index is 1.96. The van der Waals surface area contributed by atoms with Crippen molar-refractivity contribution >= 4 is 40.9 Å². The number of carbonyl (C=O) groups is 4. The van der Waals surface area contributed by atoms with E-state index >= 15 is 0 Å². The molecule has 1 aliphatic rings. The van der Waals surface area contributed by atoms with Crippen molar-refractivity contribution in [3.05, 3.63) is 53.6 Å².